The molecule has 0 bridgehead atoms. The van der Waals surface area contributed by atoms with E-state index in [4.69, 9.17) is 0 Å². The van der Waals surface area contributed by atoms with Crippen LogP contribution in [0.2, 0.25) is 0 Å². The summed E-state index contributed by atoms with van der Waals surface area (Å²) in [5, 5.41) is 0. The van der Waals surface area contributed by atoms with Gasteiger partial charge >= 0.3 is 651 Å². The fraction of sp³-hybridized carbons (Fsp3) is 0. The third kappa shape index (κ3) is 407. The van der Waals surface area contributed by atoms with Crippen molar-refractivity contribution in [2.24, 2.45) is 0 Å². The van der Waals surface area contributed by atoms with Crippen LogP contribution in [-0.4, -0.2) is 651 Å². The molecule has 0 saturated carbocycles. The third-order valence-corrected chi connectivity index (χ3v) is 0. The molecule has 0 heterocycles. The second-order valence-electron chi connectivity index (χ2n) is 0. The van der Waals surface area contributed by atoms with Gasteiger partial charge in [-0.25, -0.2) is 0 Å². The Balaban J connectivity index is 0. The van der Waals surface area contributed by atoms with Crippen molar-refractivity contribution in [2.45, 2.75) is 0 Å². The Bertz CT molecular complexity index is 0. The first-order chi connectivity index (χ1) is 0. The Morgan fingerprint density at radius 3 is 0.0270 bits per heavy atom. The van der Waals surface area contributed by atoms with E-state index in [0.29, 0.717) is 0 Å². The SMILES string of the molecule is [GeH3].[GeH3].[GeH3].[GeH3].[GeH3].[GeH3].[GeH3].[GeH3].[GeH3].[GeH3].[GeH3].[GeH3].[GeH3].[GeH3].[GeH3].[GeH3].[GeH3].[GeH3].[GeH3].[GeH3].[GeH3].[GeH3].[GeH3].[GeH3].[GeH3].[GeH3].[GeH3].[GeH3].[GeH3].[GeH3].[GeH3].[GeH3].[GeH3].[GeH3].[GeH3].[GeH3].[GeH3]. The second-order valence-corrected chi connectivity index (χ2v) is 0. The maximum absolute atomic E-state index is 0. The molecule has 0 aromatic heterocycles. The summed E-state index contributed by atoms with van der Waals surface area (Å²) in [4.78, 5) is 0. The molecule has 0 aliphatic carbocycles. The fourth-order valence-electron chi connectivity index (χ4n) is 0. The first-order valence-corrected chi connectivity index (χ1v) is 0. The van der Waals surface area contributed by atoms with Crippen molar-refractivity contribution in [3.05, 3.63) is 0 Å². The topological polar surface area (TPSA) is 0 Å². The zero-order valence-electron chi connectivity index (χ0n) is 37.0. The van der Waals surface area contributed by atoms with E-state index in [9.17, 15) is 0 Å². The monoisotopic (exact) mass is 2850 g/mol. The van der Waals surface area contributed by atoms with E-state index in [-0.39, 0.29) is 651 Å². The molecule has 37 heavy (non-hydrogen) atoms. The van der Waals surface area contributed by atoms with Gasteiger partial charge in [0.25, 0.3) is 0 Å². The van der Waals surface area contributed by atoms with Crippen molar-refractivity contribution < 1.29 is 0 Å². The van der Waals surface area contributed by atoms with Gasteiger partial charge in [-0.15, -0.1) is 0 Å². The summed E-state index contributed by atoms with van der Waals surface area (Å²) in [5.74, 6) is 0. The predicted octanol–water partition coefficient (Wildman–Crippen LogP) is -43.8. The summed E-state index contributed by atoms with van der Waals surface area (Å²) in [5.41, 5.74) is 0. The predicted molar refractivity (Wildman–Crippen MR) is 368 cm³/mol. The zero-order valence-corrected chi connectivity index (χ0v) is 192. The molecule has 0 rings (SSSR count). The van der Waals surface area contributed by atoms with Gasteiger partial charge in [0, 0.05) is 0 Å². The van der Waals surface area contributed by atoms with Gasteiger partial charge in [-0.05, 0) is 0 Å². The summed E-state index contributed by atoms with van der Waals surface area (Å²) < 4.78 is 0. The van der Waals surface area contributed by atoms with Gasteiger partial charge in [0.2, 0.25) is 0 Å². The minimum absolute atomic E-state index is 0. The van der Waals surface area contributed by atoms with Crippen LogP contribution in [0.15, 0.2) is 0 Å². The van der Waals surface area contributed by atoms with Gasteiger partial charge in [0.1, 0.15) is 0 Å². The average Bonchev–Trinajstić information content (AvgIpc) is 0. The summed E-state index contributed by atoms with van der Waals surface area (Å²) in [6.45, 7) is 0. The van der Waals surface area contributed by atoms with Gasteiger partial charge < -0.3 is 0 Å². The molecule has 0 atom stereocenters. The van der Waals surface area contributed by atoms with Crippen molar-refractivity contribution in [1.29, 1.82) is 0 Å². The van der Waals surface area contributed by atoms with Crippen LogP contribution >= 0.6 is 0 Å². The Morgan fingerprint density at radius 2 is 0.0270 bits per heavy atom. The molecule has 0 fully saturated rings. The third-order valence-electron chi connectivity index (χ3n) is 0. The molecule has 0 aromatic rings. The summed E-state index contributed by atoms with van der Waals surface area (Å²) in [7, 11) is 0. The Kier molecular flexibility index (Phi) is 5070. The van der Waals surface area contributed by atoms with E-state index in [1.165, 1.54) is 0 Å². The van der Waals surface area contributed by atoms with Gasteiger partial charge in [-0.1, -0.05) is 0 Å². The average molecular weight is 2800 g/mol. The van der Waals surface area contributed by atoms with Crippen molar-refractivity contribution in [1.82, 2.24) is 0 Å². The molecule has 0 spiro atoms. The first-order valence-electron chi connectivity index (χ1n) is 0. The van der Waals surface area contributed by atoms with Crippen molar-refractivity contribution in [3.63, 3.8) is 0 Å². The Labute approximate surface area is 634 Å². The molecular weight excluding hydrogens is 2690 g/mol. The van der Waals surface area contributed by atoms with Gasteiger partial charge in [0.15, 0.2) is 0 Å². The van der Waals surface area contributed by atoms with Gasteiger partial charge in [-0.2, -0.15) is 0 Å². The van der Waals surface area contributed by atoms with E-state index in [0.717, 1.165) is 0 Å². The van der Waals surface area contributed by atoms with Crippen LogP contribution in [0.3, 0.4) is 0 Å². The standard InChI is InChI=1S/37GeH3/h37*1H3. The molecule has 0 unspecified atom stereocenters. The molecule has 259 valence electrons. The van der Waals surface area contributed by atoms with E-state index < -0.39 is 0 Å². The first kappa shape index (κ1) is 445. The maximum atomic E-state index is 0. The Morgan fingerprint density at radius 1 is 0.0270 bits per heavy atom. The molecule has 0 aliphatic rings. The quantitative estimate of drug-likeness (QED) is 0.212. The van der Waals surface area contributed by atoms with Crippen LogP contribution in [0.1, 0.15) is 0 Å². The molecule has 0 aromatic carbocycles. The normalized spacial score (nSPS) is 0. The summed E-state index contributed by atoms with van der Waals surface area (Å²) in [6, 6.07) is 0. The van der Waals surface area contributed by atoms with E-state index >= 15 is 0 Å². The van der Waals surface area contributed by atoms with Crippen LogP contribution in [0.4, 0.5) is 0 Å². The molecule has 0 nitrogen and oxygen atoms in total. The van der Waals surface area contributed by atoms with Crippen LogP contribution in [0.5, 0.6) is 0 Å². The van der Waals surface area contributed by atoms with E-state index in [1.54, 1.807) is 0 Å². The summed E-state index contributed by atoms with van der Waals surface area (Å²) >= 11 is 0. The van der Waals surface area contributed by atoms with Crippen molar-refractivity contribution >= 4 is 651 Å². The number of hydrogen-bond donors (Lipinski definition) is 0. The van der Waals surface area contributed by atoms with E-state index in [1.807, 2.05) is 0 Å². The van der Waals surface area contributed by atoms with Crippen molar-refractivity contribution in [3.8, 4) is 0 Å². The molecule has 0 N–H and O–H groups in total. The zero-order chi connectivity index (χ0) is 0. The second kappa shape index (κ2) is 422. The molecule has 37 heteroatoms. The number of rotatable bonds is 0. The molecule has 0 amide bonds. The van der Waals surface area contributed by atoms with Crippen LogP contribution in [0, 0.1) is 0 Å². The van der Waals surface area contributed by atoms with E-state index in [2.05, 4.69) is 0 Å². The Hall–Kier alpha value is 20.1. The van der Waals surface area contributed by atoms with Gasteiger partial charge in [-0.3, -0.25) is 0 Å². The molecule has 0 aliphatic heterocycles. The minimum atomic E-state index is 0. The van der Waals surface area contributed by atoms with Crippen LogP contribution in [-0.2, 0) is 0 Å². The molecular formula is H111Ge37. The van der Waals surface area contributed by atoms with Gasteiger partial charge in [0.05, 0.1) is 0 Å². The molecule has 37 radical (unpaired) electrons. The number of hydrogen-bond acceptors (Lipinski definition) is 0. The summed E-state index contributed by atoms with van der Waals surface area (Å²) in [6.07, 6.45) is 0. The van der Waals surface area contributed by atoms with Crippen molar-refractivity contribution in [2.75, 3.05) is 0 Å². The fourth-order valence-corrected chi connectivity index (χ4v) is 0. The van der Waals surface area contributed by atoms with Crippen LogP contribution in [0.25, 0.3) is 0 Å². The van der Waals surface area contributed by atoms with Crippen LogP contribution < -0.4 is 0 Å². The molecule has 0 saturated heterocycles.